The lowest BCUT2D eigenvalue weighted by molar-refractivity contribution is 0.0926. The van der Waals surface area contributed by atoms with Gasteiger partial charge < -0.3 is 20.5 Å². The maximum absolute atomic E-state index is 13.9. The average molecular weight is 485 g/mol. The molecule has 2 aromatic heterocycles. The highest BCUT2D eigenvalue weighted by molar-refractivity contribution is 6.30. The number of hydrogen-bond donors (Lipinski definition) is 3. The Labute approximate surface area is 191 Å². The van der Waals surface area contributed by atoms with E-state index in [1.807, 2.05) is 5.32 Å². The number of carboxylic acid groups (broad SMARTS) is 1. The van der Waals surface area contributed by atoms with Crippen LogP contribution in [0.25, 0.3) is 5.65 Å². The average Bonchev–Trinajstić information content (AvgIpc) is 3.07. The third-order valence-electron chi connectivity index (χ3n) is 4.82. The predicted molar refractivity (Wildman–Crippen MR) is 114 cm³/mol. The van der Waals surface area contributed by atoms with Gasteiger partial charge in [0.1, 0.15) is 30.6 Å². The van der Waals surface area contributed by atoms with Gasteiger partial charge in [0.25, 0.3) is 5.91 Å². The minimum Gasteiger partial charge on any atom is -0.485 e. The zero-order valence-corrected chi connectivity index (χ0v) is 18.3. The van der Waals surface area contributed by atoms with Gasteiger partial charge >= 0.3 is 6.09 Å². The number of carbonyl (C=O) groups excluding carboxylic acids is 1. The second kappa shape index (κ2) is 9.57. The number of rotatable bonds is 8. The van der Waals surface area contributed by atoms with Crippen molar-refractivity contribution in [2.45, 2.75) is 26.0 Å². The molecule has 3 N–H and O–H groups in total. The minimum absolute atomic E-state index is 0.0472. The number of amides is 2. The Morgan fingerprint density at radius 1 is 1.30 bits per heavy atom. The van der Waals surface area contributed by atoms with Crippen molar-refractivity contribution < 1.29 is 32.6 Å². The molecule has 0 saturated carbocycles. The molecule has 0 radical (unpaired) electrons. The van der Waals surface area contributed by atoms with E-state index in [-0.39, 0.29) is 39.9 Å². The molecule has 2 heterocycles. The summed E-state index contributed by atoms with van der Waals surface area (Å²) in [4.78, 5) is 28.0. The molecule has 12 heteroatoms. The van der Waals surface area contributed by atoms with Gasteiger partial charge in [-0.2, -0.15) is 0 Å². The summed E-state index contributed by atoms with van der Waals surface area (Å²) in [5.74, 6) is -2.15. The molecule has 0 aliphatic carbocycles. The molecule has 1 unspecified atom stereocenters. The Hall–Kier alpha value is -3.47. The number of aryl methyl sites for hydroxylation is 1. The summed E-state index contributed by atoms with van der Waals surface area (Å²) >= 11 is 6.15. The van der Waals surface area contributed by atoms with Gasteiger partial charge in [0, 0.05) is 18.8 Å². The number of fused-ring (bicyclic) bond motifs is 1. The van der Waals surface area contributed by atoms with Crippen LogP contribution < -0.4 is 15.4 Å². The molecule has 2 amide bonds. The fraction of sp³-hybridized carbons (Fsp3) is 0.286. The summed E-state index contributed by atoms with van der Waals surface area (Å²) in [6, 6.07) is 4.82. The maximum atomic E-state index is 13.9. The van der Waals surface area contributed by atoms with Crippen LogP contribution >= 0.6 is 11.6 Å². The highest BCUT2D eigenvalue weighted by atomic mass is 35.5. The second-order valence-corrected chi connectivity index (χ2v) is 7.99. The van der Waals surface area contributed by atoms with Crippen molar-refractivity contribution in [3.8, 4) is 5.75 Å². The number of carbonyl (C=O) groups is 2. The van der Waals surface area contributed by atoms with E-state index in [1.54, 1.807) is 6.92 Å². The number of ether oxygens (including phenoxy) is 1. The van der Waals surface area contributed by atoms with Crippen molar-refractivity contribution in [2.24, 2.45) is 0 Å². The number of benzene rings is 1. The van der Waals surface area contributed by atoms with Crippen LogP contribution in [0.2, 0.25) is 5.02 Å². The molecule has 33 heavy (non-hydrogen) atoms. The first-order valence-corrected chi connectivity index (χ1v) is 10.0. The van der Waals surface area contributed by atoms with Crippen LogP contribution in [0.15, 0.2) is 30.5 Å². The fourth-order valence-corrected chi connectivity index (χ4v) is 3.33. The van der Waals surface area contributed by atoms with Crippen molar-refractivity contribution in [2.75, 3.05) is 13.2 Å². The van der Waals surface area contributed by atoms with Gasteiger partial charge in [0.2, 0.25) is 0 Å². The first-order chi connectivity index (χ1) is 15.5. The van der Waals surface area contributed by atoms with Gasteiger partial charge in [0.15, 0.2) is 11.4 Å². The van der Waals surface area contributed by atoms with Gasteiger partial charge in [-0.3, -0.25) is 9.20 Å². The Balaban J connectivity index is 1.89. The Kier molecular flexibility index (Phi) is 7.01. The van der Waals surface area contributed by atoms with Crippen molar-refractivity contribution in [1.29, 1.82) is 0 Å². The Morgan fingerprint density at radius 3 is 2.58 bits per heavy atom. The van der Waals surface area contributed by atoms with Crippen LogP contribution in [0.4, 0.5) is 18.0 Å². The lowest BCUT2D eigenvalue weighted by Gasteiger charge is -2.26. The SMILES string of the molecule is Cc1nc2c(OCc3c(F)cccc3F)cc(Cl)cn2c1C(=O)NCC(C)(CF)NC(=O)O. The predicted octanol–water partition coefficient (Wildman–Crippen LogP) is 3.88. The topological polar surface area (TPSA) is 105 Å². The standard InChI is InChI=1S/C21H20ClF3N4O4/c1-11-17(19(30)26-10-21(2,9-23)28-20(31)32)29-7-12(22)6-16(18(29)27-11)33-8-13-14(24)4-3-5-15(13)25/h3-7,28H,8-10H2,1-2H3,(H,26,30)(H,31,32). The number of alkyl halides is 1. The smallest absolute Gasteiger partial charge is 0.405 e. The third kappa shape index (κ3) is 5.30. The molecule has 0 aliphatic heterocycles. The van der Waals surface area contributed by atoms with Crippen LogP contribution in [-0.4, -0.2) is 45.2 Å². The van der Waals surface area contributed by atoms with Gasteiger partial charge in [-0.25, -0.2) is 22.9 Å². The molecule has 1 aromatic carbocycles. The van der Waals surface area contributed by atoms with E-state index >= 15 is 0 Å². The number of imidazole rings is 1. The summed E-state index contributed by atoms with van der Waals surface area (Å²) in [6.07, 6.45) is -0.0399. The fourth-order valence-electron chi connectivity index (χ4n) is 3.14. The maximum Gasteiger partial charge on any atom is 0.405 e. The van der Waals surface area contributed by atoms with E-state index in [1.165, 1.54) is 29.7 Å². The molecular formula is C21H20ClF3N4O4. The first-order valence-electron chi connectivity index (χ1n) is 9.64. The quantitative estimate of drug-likeness (QED) is 0.450. The molecule has 0 aliphatic rings. The second-order valence-electron chi connectivity index (χ2n) is 7.56. The zero-order chi connectivity index (χ0) is 24.3. The molecule has 0 bridgehead atoms. The molecule has 176 valence electrons. The van der Waals surface area contributed by atoms with Crippen LogP contribution in [0.3, 0.4) is 0 Å². The summed E-state index contributed by atoms with van der Waals surface area (Å²) in [6.45, 7) is 1.00. The molecular weight excluding hydrogens is 465 g/mol. The van der Waals surface area contributed by atoms with Crippen LogP contribution in [-0.2, 0) is 6.61 Å². The van der Waals surface area contributed by atoms with E-state index in [9.17, 15) is 22.8 Å². The Bertz CT molecular complexity index is 1200. The highest BCUT2D eigenvalue weighted by Gasteiger charge is 2.28. The lowest BCUT2D eigenvalue weighted by atomic mass is 10.1. The molecule has 0 saturated heterocycles. The monoisotopic (exact) mass is 484 g/mol. The van der Waals surface area contributed by atoms with E-state index in [0.29, 0.717) is 0 Å². The van der Waals surface area contributed by atoms with Gasteiger partial charge in [-0.05, 0) is 26.0 Å². The third-order valence-corrected chi connectivity index (χ3v) is 5.03. The van der Waals surface area contributed by atoms with E-state index in [0.717, 1.165) is 12.1 Å². The number of hydrogen-bond acceptors (Lipinski definition) is 4. The number of pyridine rings is 1. The summed E-state index contributed by atoms with van der Waals surface area (Å²) in [7, 11) is 0. The summed E-state index contributed by atoms with van der Waals surface area (Å²) < 4.78 is 48.1. The van der Waals surface area contributed by atoms with Gasteiger partial charge in [0.05, 0.1) is 21.8 Å². The molecule has 1 atom stereocenters. The van der Waals surface area contributed by atoms with E-state index in [2.05, 4.69) is 10.3 Å². The van der Waals surface area contributed by atoms with E-state index in [4.69, 9.17) is 21.4 Å². The van der Waals surface area contributed by atoms with Crippen LogP contribution in [0.1, 0.15) is 28.7 Å². The van der Waals surface area contributed by atoms with Crippen LogP contribution in [0.5, 0.6) is 5.75 Å². The lowest BCUT2D eigenvalue weighted by Crippen LogP contribution is -2.55. The number of halogens is 4. The van der Waals surface area contributed by atoms with Crippen LogP contribution in [0, 0.1) is 18.6 Å². The molecule has 3 aromatic rings. The largest absolute Gasteiger partial charge is 0.485 e. The molecule has 0 fully saturated rings. The summed E-state index contributed by atoms with van der Waals surface area (Å²) in [5.41, 5.74) is -1.34. The Morgan fingerprint density at radius 2 is 1.97 bits per heavy atom. The van der Waals surface area contributed by atoms with Gasteiger partial charge in [-0.1, -0.05) is 17.7 Å². The van der Waals surface area contributed by atoms with Crippen molar-refractivity contribution >= 4 is 29.2 Å². The number of nitrogens with one attached hydrogen (secondary N) is 2. The highest BCUT2D eigenvalue weighted by Crippen LogP contribution is 2.28. The molecule has 8 nitrogen and oxygen atoms in total. The minimum atomic E-state index is -1.54. The van der Waals surface area contributed by atoms with Crippen molar-refractivity contribution in [1.82, 2.24) is 20.0 Å². The zero-order valence-electron chi connectivity index (χ0n) is 17.6. The number of aromatic nitrogens is 2. The van der Waals surface area contributed by atoms with Gasteiger partial charge in [-0.15, -0.1) is 0 Å². The first kappa shape index (κ1) is 24.2. The van der Waals surface area contributed by atoms with E-state index < -0.39 is 42.5 Å². The number of nitrogens with zero attached hydrogens (tertiary/aromatic N) is 2. The van der Waals surface area contributed by atoms with Crippen molar-refractivity contribution in [3.05, 3.63) is 64.1 Å². The molecule has 0 spiro atoms. The molecule has 3 rings (SSSR count). The summed E-state index contributed by atoms with van der Waals surface area (Å²) in [5, 5.41) is 13.5. The normalized spacial score (nSPS) is 12.9. The van der Waals surface area contributed by atoms with Crippen molar-refractivity contribution in [3.63, 3.8) is 0 Å².